The van der Waals surface area contributed by atoms with E-state index in [-0.39, 0.29) is 101 Å². The largest absolute Gasteiger partial charge is 0.393 e. The third-order valence-electron chi connectivity index (χ3n) is 23.5. The van der Waals surface area contributed by atoms with Crippen molar-refractivity contribution in [3.05, 3.63) is 0 Å². The average Bonchev–Trinajstić information content (AvgIpc) is 1.36. The molecule has 100 heavy (non-hydrogen) atoms. The Bertz CT molecular complexity index is 2920. The summed E-state index contributed by atoms with van der Waals surface area (Å²) in [6.45, 7) is 8.86. The molecule has 13 atom stereocenters. The van der Waals surface area contributed by atoms with Crippen molar-refractivity contribution in [1.29, 1.82) is 0 Å². The van der Waals surface area contributed by atoms with Crippen LogP contribution in [0.1, 0.15) is 208 Å². The zero-order valence-electron chi connectivity index (χ0n) is 61.4. The minimum absolute atomic E-state index is 0.00189. The van der Waals surface area contributed by atoms with E-state index in [1.54, 1.807) is 6.92 Å². The molecule has 7 rings (SSSR count). The maximum atomic E-state index is 15.6. The number of likely N-dealkylation sites (N-methyl/N-ethyl adjacent to an activating group) is 6. The van der Waals surface area contributed by atoms with Crippen LogP contribution < -0.4 is 21.3 Å². The maximum absolute atomic E-state index is 15.6. The molecule has 0 aromatic heterocycles. The molecule has 4 aliphatic carbocycles. The first-order valence-corrected chi connectivity index (χ1v) is 37.7. The lowest BCUT2D eigenvalue weighted by Gasteiger charge is -2.44. The topological polar surface area (TPSA) is 279 Å². The Hall–Kier alpha value is -6.28. The second-order valence-electron chi connectivity index (χ2n) is 30.8. The molecule has 564 valence electrons. The minimum Gasteiger partial charge on any atom is -0.347 e. The van der Waals surface area contributed by atoms with E-state index in [2.05, 4.69) is 28.2 Å². The van der Waals surface area contributed by atoms with E-state index in [0.29, 0.717) is 57.3 Å². The van der Waals surface area contributed by atoms with Gasteiger partial charge < -0.3 is 60.5 Å². The molecule has 0 radical (unpaired) electrons. The molecule has 3 aliphatic heterocycles. The molecule has 4 saturated carbocycles. The molecule has 4 N–H and O–H groups in total. The highest BCUT2D eigenvalue weighted by Gasteiger charge is 2.53. The van der Waals surface area contributed by atoms with Crippen molar-refractivity contribution in [2.45, 2.75) is 279 Å². The van der Waals surface area contributed by atoms with Crippen LogP contribution >= 0.6 is 11.6 Å². The fraction of sp³-hybridized carbons (Fsp3) is 0.833. The minimum atomic E-state index is -4.51. The third kappa shape index (κ3) is 19.5. The number of unbranched alkanes of at least 4 members (excludes halogenated alkanes) is 2. The van der Waals surface area contributed by atoms with Crippen LogP contribution in [0.3, 0.4) is 0 Å². The highest BCUT2D eigenvalue weighted by atomic mass is 35.5. The number of hydrogen-bond donors (Lipinski definition) is 4. The smallest absolute Gasteiger partial charge is 0.347 e. The van der Waals surface area contributed by atoms with Gasteiger partial charge in [0.25, 0.3) is 0 Å². The molecule has 3 heterocycles. The van der Waals surface area contributed by atoms with Crippen molar-refractivity contribution in [1.82, 2.24) is 60.5 Å². The number of fused-ring (bicyclic) bond motifs is 2. The van der Waals surface area contributed by atoms with Crippen molar-refractivity contribution in [2.75, 3.05) is 69.0 Å². The second-order valence-corrected chi connectivity index (χ2v) is 31.4. The van der Waals surface area contributed by atoms with Crippen molar-refractivity contribution in [3.63, 3.8) is 0 Å². The van der Waals surface area contributed by atoms with Gasteiger partial charge in [-0.15, -0.1) is 11.6 Å². The van der Waals surface area contributed by atoms with Gasteiger partial charge in [-0.25, -0.2) is 0 Å². The summed E-state index contributed by atoms with van der Waals surface area (Å²) in [7, 11) is 10.2. The lowest BCUT2D eigenvalue weighted by molar-refractivity contribution is -0.182. The molecule has 12 amide bonds. The number of hydrogen-bond acceptors (Lipinski definition) is 12. The molecule has 1 spiro atoms. The Kier molecular flexibility index (Phi) is 29.0. The summed E-state index contributed by atoms with van der Waals surface area (Å²) in [4.78, 5) is 189. The van der Waals surface area contributed by atoms with Crippen LogP contribution in [0.15, 0.2) is 0 Å². The van der Waals surface area contributed by atoms with Gasteiger partial charge in [-0.1, -0.05) is 105 Å². The Labute approximate surface area is 595 Å². The number of rotatable bonds is 13. The SMILES string of the molecule is CCCCC[C@H]1C(=O)N[C@@H]([C@@H](C)CC)C(=O)N[C@@H](C)C(=O)N2CC[C@H]2C(=O)N(C)[C@@H](CC2CCC(C)CC2)C(=O)N(C)CC(=O)N[C@@H](CCC2CCC(C(F)(F)F)C(Cl)C2)C(=O)N2CCC[C@H]2C(=O)NC2(CCCC2)C(=O)N(C)[C@@H](C2CCCC2)C(=O)N(C)[C@H](C(=O)N(C)C)CC(=O)N1C. The monoisotopic (exact) mass is 1430 g/mol. The van der Waals surface area contributed by atoms with E-state index in [0.717, 1.165) is 44.9 Å². The fourth-order valence-electron chi connectivity index (χ4n) is 16.7. The zero-order valence-corrected chi connectivity index (χ0v) is 62.2. The average molecular weight is 1430 g/mol. The summed E-state index contributed by atoms with van der Waals surface area (Å²) >= 11 is 6.41. The van der Waals surface area contributed by atoms with Crippen molar-refractivity contribution in [3.8, 4) is 0 Å². The second kappa shape index (κ2) is 35.7. The molecule has 0 aromatic rings. The maximum Gasteiger partial charge on any atom is 0.393 e. The molecule has 28 heteroatoms. The van der Waals surface area contributed by atoms with Crippen molar-refractivity contribution < 1.29 is 70.7 Å². The molecule has 0 aromatic carbocycles. The third-order valence-corrected chi connectivity index (χ3v) is 24.0. The number of amides is 12. The standard InChI is InChI=1S/C72H116ClF3N12O12/c1-13-15-16-24-52-61(91)79-59(44(4)14-2)63(93)77-45(5)64(94)88-38-34-54(88)68(98)84(10)55(40-47-28-26-43(3)27-29-47)67(97)82(8)42-57(89)78-51(33-31-46-30-32-49(50(73)39-46)72(74,75)76)65(95)87-37-21-25-53(87)62(92)80-71(35-19-20-36-71)70(100)86(12)60(48-22-17-18-23-48)69(99)85(11)56(66(96)81(6)7)41-58(90)83(52)9/h43-56,59-60H,13-42H2,1-12H3,(H,77,93)(H,78,89)(H,79,91)(H,80,92)/t43?,44-,45-,46?,47?,49?,50?,51-,52-,53-,54-,55-,56-,59-,60-/m0/s1. The van der Waals surface area contributed by atoms with Gasteiger partial charge in [0.2, 0.25) is 70.9 Å². The first kappa shape index (κ1) is 81.0. The Morgan fingerprint density at radius 2 is 1.27 bits per heavy atom. The molecule has 0 bridgehead atoms. The number of nitrogens with zero attached hydrogens (tertiary/aromatic N) is 8. The molecule has 7 aliphatic rings. The van der Waals surface area contributed by atoms with Crippen molar-refractivity contribution in [2.24, 2.45) is 35.5 Å². The van der Waals surface area contributed by atoms with Gasteiger partial charge in [-0.3, -0.25) is 57.5 Å². The van der Waals surface area contributed by atoms with Crippen LogP contribution in [0.4, 0.5) is 13.2 Å². The molecule has 3 unspecified atom stereocenters. The van der Waals surface area contributed by atoms with E-state index >= 15 is 24.0 Å². The summed E-state index contributed by atoms with van der Waals surface area (Å²) in [5.74, 6) is -10.0. The van der Waals surface area contributed by atoms with Crippen LogP contribution in [0, 0.1) is 35.5 Å². The first-order valence-electron chi connectivity index (χ1n) is 37.2. The van der Waals surface area contributed by atoms with E-state index in [9.17, 15) is 46.7 Å². The summed E-state index contributed by atoms with van der Waals surface area (Å²) in [6.07, 6.45) is 5.93. The lowest BCUT2D eigenvalue weighted by atomic mass is 9.78. The van der Waals surface area contributed by atoms with Crippen LogP contribution in [0.25, 0.3) is 0 Å². The predicted octanol–water partition coefficient (Wildman–Crippen LogP) is 6.14. The van der Waals surface area contributed by atoms with Gasteiger partial charge in [0.1, 0.15) is 59.9 Å². The van der Waals surface area contributed by atoms with E-state index < -0.39 is 167 Å². The summed E-state index contributed by atoms with van der Waals surface area (Å²) in [6, 6.07) is -10.8. The first-order chi connectivity index (χ1) is 47.2. The molecular weight excluding hydrogens is 1320 g/mol. The summed E-state index contributed by atoms with van der Waals surface area (Å²) in [5.41, 5.74) is -1.55. The van der Waals surface area contributed by atoms with Gasteiger partial charge in [0.05, 0.1) is 18.9 Å². The van der Waals surface area contributed by atoms with Crippen LogP contribution in [0.2, 0.25) is 0 Å². The number of halogens is 4. The fourth-order valence-corrected chi connectivity index (χ4v) is 17.2. The van der Waals surface area contributed by atoms with Gasteiger partial charge in [0.15, 0.2) is 0 Å². The lowest BCUT2D eigenvalue weighted by Crippen LogP contribution is -2.65. The number of alkyl halides is 4. The van der Waals surface area contributed by atoms with E-state index in [1.165, 1.54) is 95.5 Å². The van der Waals surface area contributed by atoms with Gasteiger partial charge >= 0.3 is 6.18 Å². The van der Waals surface area contributed by atoms with Gasteiger partial charge in [-0.2, -0.15) is 13.2 Å². The van der Waals surface area contributed by atoms with Gasteiger partial charge in [-0.05, 0) is 126 Å². The molecule has 3 saturated heterocycles. The number of carbonyl (C=O) groups excluding carboxylic acids is 12. The molecule has 24 nitrogen and oxygen atoms in total. The molecular formula is C72H116ClF3N12O12. The Balaban J connectivity index is 1.27. The highest BCUT2D eigenvalue weighted by molar-refractivity contribution is 6.21. The van der Waals surface area contributed by atoms with E-state index in [1.807, 2.05) is 13.8 Å². The van der Waals surface area contributed by atoms with Gasteiger partial charge in [0, 0.05) is 67.8 Å². The summed E-state index contributed by atoms with van der Waals surface area (Å²) < 4.78 is 42.1. The Morgan fingerprint density at radius 3 is 1.86 bits per heavy atom. The Morgan fingerprint density at radius 1 is 0.630 bits per heavy atom. The van der Waals surface area contributed by atoms with E-state index in [4.69, 9.17) is 11.6 Å². The normalized spacial score (nSPS) is 32.1. The van der Waals surface area contributed by atoms with Crippen LogP contribution in [-0.2, 0) is 57.5 Å². The predicted molar refractivity (Wildman–Crippen MR) is 370 cm³/mol. The zero-order chi connectivity index (χ0) is 73.8. The van der Waals surface area contributed by atoms with Crippen LogP contribution in [0.5, 0.6) is 0 Å². The number of nitrogens with one attached hydrogen (secondary N) is 4. The quantitative estimate of drug-likeness (QED) is 0.120. The molecule has 7 fully saturated rings. The summed E-state index contributed by atoms with van der Waals surface area (Å²) in [5, 5.41) is 10.4. The number of carbonyl (C=O) groups is 12. The highest BCUT2D eigenvalue weighted by Crippen LogP contribution is 2.44. The van der Waals surface area contributed by atoms with Crippen LogP contribution in [-0.4, -0.2) is 251 Å². The van der Waals surface area contributed by atoms with Crippen molar-refractivity contribution >= 4 is 82.5 Å².